The van der Waals surface area contributed by atoms with E-state index >= 15 is 0 Å². The van der Waals surface area contributed by atoms with E-state index in [1.54, 1.807) is 49.4 Å². The minimum Gasteiger partial charge on any atom is -0.465 e. The lowest BCUT2D eigenvalue weighted by molar-refractivity contribution is 0.0601. The quantitative estimate of drug-likeness (QED) is 0.294. The largest absolute Gasteiger partial charge is 0.465 e. The van der Waals surface area contributed by atoms with E-state index in [9.17, 15) is 14.4 Å². The molecule has 0 unspecified atom stereocenters. The van der Waals surface area contributed by atoms with Crippen molar-refractivity contribution >= 4 is 39.2 Å². The van der Waals surface area contributed by atoms with E-state index in [4.69, 9.17) is 16.3 Å². The van der Waals surface area contributed by atoms with Gasteiger partial charge in [0.25, 0.3) is 11.1 Å². The molecule has 0 aliphatic carbocycles. The molecule has 0 fully saturated rings. The summed E-state index contributed by atoms with van der Waals surface area (Å²) in [5.74, 6) is -0.607. The Morgan fingerprint density at radius 1 is 0.962 bits per heavy atom. The first-order valence-electron chi connectivity index (χ1n) is 7.82. The molecule has 0 saturated heterocycles. The lowest BCUT2D eigenvalue weighted by atomic mass is 10.1. The molecule has 0 radical (unpaired) electrons. The van der Waals surface area contributed by atoms with Crippen molar-refractivity contribution in [2.45, 2.75) is 6.92 Å². The van der Waals surface area contributed by atoms with E-state index in [-0.39, 0.29) is 22.1 Å². The number of carbonyl (C=O) groups is 1. The van der Waals surface area contributed by atoms with Crippen LogP contribution in [0, 0.1) is 6.92 Å². The summed E-state index contributed by atoms with van der Waals surface area (Å²) in [6, 6.07) is 11.4. The van der Waals surface area contributed by atoms with Gasteiger partial charge in [-0.15, -0.1) is 0 Å². The van der Waals surface area contributed by atoms with Gasteiger partial charge in [0.2, 0.25) is 0 Å². The Labute approximate surface area is 151 Å². The SMILES string of the molecule is COC(=O)c1c(C)n2c(=O)c3ccccc3c(=O)n2c2ccc(Cl)cc12. The second kappa shape index (κ2) is 5.71. The molecule has 2 aromatic heterocycles. The van der Waals surface area contributed by atoms with Crippen LogP contribution in [-0.4, -0.2) is 22.1 Å². The van der Waals surface area contributed by atoms with Crippen molar-refractivity contribution in [3.05, 3.63) is 79.5 Å². The first-order valence-corrected chi connectivity index (χ1v) is 8.20. The summed E-state index contributed by atoms with van der Waals surface area (Å²) in [5.41, 5.74) is 0.154. The topological polar surface area (TPSA) is 69.3 Å². The standard InChI is InChI=1S/C19H13ClN2O4/c1-10-16(19(25)26-2)14-9-11(20)7-8-15(14)22-18(24)13-6-4-3-5-12(13)17(23)21(10)22/h3-9H,1-2H3. The van der Waals surface area contributed by atoms with Gasteiger partial charge in [0.15, 0.2) is 0 Å². The molecule has 0 saturated carbocycles. The van der Waals surface area contributed by atoms with E-state index in [0.29, 0.717) is 27.0 Å². The number of rotatable bonds is 1. The Bertz CT molecular complexity index is 1350. The monoisotopic (exact) mass is 368 g/mol. The van der Waals surface area contributed by atoms with Crippen molar-refractivity contribution in [3.8, 4) is 0 Å². The van der Waals surface area contributed by atoms with Gasteiger partial charge < -0.3 is 4.74 Å². The fraction of sp³-hybridized carbons (Fsp3) is 0.105. The molecule has 0 amide bonds. The smallest absolute Gasteiger partial charge is 0.340 e. The number of benzene rings is 2. The molecular formula is C19H13ClN2O4. The van der Waals surface area contributed by atoms with E-state index in [0.717, 1.165) is 0 Å². The number of halogens is 1. The van der Waals surface area contributed by atoms with Crippen LogP contribution in [0.5, 0.6) is 0 Å². The third-order valence-electron chi connectivity index (χ3n) is 4.50. The molecule has 0 N–H and O–H groups in total. The van der Waals surface area contributed by atoms with Gasteiger partial charge in [0, 0.05) is 10.4 Å². The molecule has 7 heteroatoms. The van der Waals surface area contributed by atoms with Gasteiger partial charge in [0.1, 0.15) is 0 Å². The van der Waals surface area contributed by atoms with Gasteiger partial charge in [0.05, 0.1) is 34.7 Å². The van der Waals surface area contributed by atoms with Crippen LogP contribution in [0.3, 0.4) is 0 Å². The summed E-state index contributed by atoms with van der Waals surface area (Å²) in [5, 5.41) is 1.44. The van der Waals surface area contributed by atoms with Crippen molar-refractivity contribution in [2.75, 3.05) is 7.11 Å². The predicted octanol–water partition coefficient (Wildman–Crippen LogP) is 2.81. The Balaban J connectivity index is 2.44. The molecule has 26 heavy (non-hydrogen) atoms. The highest BCUT2D eigenvalue weighted by atomic mass is 35.5. The normalized spacial score (nSPS) is 11.3. The van der Waals surface area contributed by atoms with Crippen LogP contribution in [0.1, 0.15) is 16.1 Å². The number of fused-ring (bicyclic) bond motifs is 4. The molecule has 6 nitrogen and oxygen atoms in total. The van der Waals surface area contributed by atoms with Crippen LogP contribution >= 0.6 is 11.6 Å². The van der Waals surface area contributed by atoms with Crippen molar-refractivity contribution in [1.29, 1.82) is 0 Å². The predicted molar refractivity (Wildman–Crippen MR) is 99.5 cm³/mol. The lowest BCUT2D eigenvalue weighted by Crippen LogP contribution is -2.33. The number of ether oxygens (including phenoxy) is 1. The van der Waals surface area contributed by atoms with Gasteiger partial charge in [-0.1, -0.05) is 23.7 Å². The summed E-state index contributed by atoms with van der Waals surface area (Å²) in [4.78, 5) is 38.6. The van der Waals surface area contributed by atoms with Crippen LogP contribution in [0.2, 0.25) is 5.02 Å². The highest BCUT2D eigenvalue weighted by Gasteiger charge is 2.21. The zero-order chi connectivity index (χ0) is 18.6. The molecule has 0 aliphatic heterocycles. The van der Waals surface area contributed by atoms with Gasteiger partial charge in [-0.2, -0.15) is 0 Å². The maximum absolute atomic E-state index is 13.1. The number of aryl methyl sites for hydroxylation is 1. The molecule has 4 rings (SSSR count). The number of aromatic nitrogens is 2. The average Bonchev–Trinajstić information content (AvgIpc) is 2.64. The highest BCUT2D eigenvalue weighted by molar-refractivity contribution is 6.31. The fourth-order valence-corrected chi connectivity index (χ4v) is 3.51. The zero-order valence-electron chi connectivity index (χ0n) is 13.9. The van der Waals surface area contributed by atoms with Crippen molar-refractivity contribution in [2.24, 2.45) is 0 Å². The maximum atomic E-state index is 13.1. The van der Waals surface area contributed by atoms with E-state index in [2.05, 4.69) is 0 Å². The summed E-state index contributed by atoms with van der Waals surface area (Å²) < 4.78 is 7.38. The number of esters is 1. The van der Waals surface area contributed by atoms with Gasteiger partial charge in [-0.05, 0) is 37.3 Å². The van der Waals surface area contributed by atoms with Gasteiger partial charge in [-0.25, -0.2) is 13.8 Å². The van der Waals surface area contributed by atoms with Crippen LogP contribution in [0.4, 0.5) is 0 Å². The second-order valence-corrected chi connectivity index (χ2v) is 6.33. The van der Waals surface area contributed by atoms with Gasteiger partial charge in [-0.3, -0.25) is 9.59 Å². The third-order valence-corrected chi connectivity index (χ3v) is 4.73. The Morgan fingerprint density at radius 2 is 1.58 bits per heavy atom. The molecule has 0 bridgehead atoms. The van der Waals surface area contributed by atoms with Crippen molar-refractivity contribution < 1.29 is 9.53 Å². The molecule has 0 spiro atoms. The molecule has 2 aromatic carbocycles. The van der Waals surface area contributed by atoms with Crippen molar-refractivity contribution in [1.82, 2.24) is 9.03 Å². The zero-order valence-corrected chi connectivity index (χ0v) is 14.7. The van der Waals surface area contributed by atoms with Crippen LogP contribution in [0.25, 0.3) is 21.7 Å². The van der Waals surface area contributed by atoms with Crippen molar-refractivity contribution in [3.63, 3.8) is 0 Å². The number of hydrogen-bond acceptors (Lipinski definition) is 4. The van der Waals surface area contributed by atoms with Crippen LogP contribution < -0.4 is 11.1 Å². The Hall–Kier alpha value is -3.12. The number of hydrogen-bond donors (Lipinski definition) is 0. The van der Waals surface area contributed by atoms with Crippen LogP contribution in [0.15, 0.2) is 52.1 Å². The Kier molecular flexibility index (Phi) is 3.59. The molecule has 130 valence electrons. The molecule has 0 aliphatic rings. The maximum Gasteiger partial charge on any atom is 0.340 e. The summed E-state index contributed by atoms with van der Waals surface area (Å²) >= 11 is 6.10. The molecular weight excluding hydrogens is 356 g/mol. The number of methoxy groups -OCH3 is 1. The Morgan fingerprint density at radius 3 is 2.19 bits per heavy atom. The number of nitrogens with zero attached hydrogens (tertiary/aromatic N) is 2. The minimum absolute atomic E-state index is 0.196. The van der Waals surface area contributed by atoms with E-state index < -0.39 is 5.97 Å². The highest BCUT2D eigenvalue weighted by Crippen LogP contribution is 2.25. The van der Waals surface area contributed by atoms with E-state index in [1.807, 2.05) is 0 Å². The van der Waals surface area contributed by atoms with E-state index in [1.165, 1.54) is 16.1 Å². The lowest BCUT2D eigenvalue weighted by Gasteiger charge is -2.16. The first-order chi connectivity index (χ1) is 12.5. The molecule has 0 atom stereocenters. The third kappa shape index (κ3) is 2.09. The van der Waals surface area contributed by atoms with Crippen LogP contribution in [-0.2, 0) is 4.74 Å². The first kappa shape index (κ1) is 16.4. The average molecular weight is 369 g/mol. The fourth-order valence-electron chi connectivity index (χ4n) is 3.34. The summed E-state index contributed by atoms with van der Waals surface area (Å²) in [6.45, 7) is 1.60. The summed E-state index contributed by atoms with van der Waals surface area (Å²) in [6.07, 6.45) is 0. The number of carbonyl (C=O) groups excluding carboxylic acids is 1. The summed E-state index contributed by atoms with van der Waals surface area (Å²) in [7, 11) is 1.26. The van der Waals surface area contributed by atoms with Gasteiger partial charge >= 0.3 is 5.97 Å². The molecule has 4 aromatic rings. The molecule has 2 heterocycles. The second-order valence-electron chi connectivity index (χ2n) is 5.89. The minimum atomic E-state index is -0.607.